The van der Waals surface area contributed by atoms with Crippen LogP contribution < -0.4 is 15.0 Å². The molecule has 35 heavy (non-hydrogen) atoms. The second-order valence-corrected chi connectivity index (χ2v) is 10.4. The molecule has 3 aromatic rings. The van der Waals surface area contributed by atoms with E-state index in [1.807, 2.05) is 36.1 Å². The highest BCUT2D eigenvalue weighted by molar-refractivity contribution is 7.88. The summed E-state index contributed by atoms with van der Waals surface area (Å²) in [4.78, 5) is 28.0. The van der Waals surface area contributed by atoms with Gasteiger partial charge in [-0.1, -0.05) is 12.1 Å². The maximum atomic E-state index is 13.0. The van der Waals surface area contributed by atoms with Gasteiger partial charge in [-0.25, -0.2) is 18.4 Å². The van der Waals surface area contributed by atoms with E-state index in [0.29, 0.717) is 24.9 Å². The minimum Gasteiger partial charge on any atom is -0.497 e. The van der Waals surface area contributed by atoms with Crippen LogP contribution in [0.4, 0.5) is 5.82 Å². The lowest BCUT2D eigenvalue weighted by molar-refractivity contribution is -0.122. The molecule has 186 valence electrons. The van der Waals surface area contributed by atoms with Crippen molar-refractivity contribution in [2.75, 3.05) is 37.9 Å². The molecule has 1 aliphatic rings. The van der Waals surface area contributed by atoms with E-state index in [2.05, 4.69) is 20.3 Å². The Morgan fingerprint density at radius 1 is 1.20 bits per heavy atom. The van der Waals surface area contributed by atoms with Crippen molar-refractivity contribution in [3.63, 3.8) is 0 Å². The number of nitrogens with one attached hydrogen (secondary N) is 1. The standard InChI is InChI=1S/C23H29N7O4S/c1-17(18-4-6-20(34-2)7-5-18)26-22(31)14-19-15-29(35(3,32)33)12-13-30(19)21-8-9-25-23(27-21)28-11-10-24-16-28/h4-11,16-17,19H,12-15H2,1-3H3,(H,26,31). The van der Waals surface area contributed by atoms with E-state index < -0.39 is 16.1 Å². The molecule has 1 saturated heterocycles. The number of benzene rings is 1. The van der Waals surface area contributed by atoms with Crippen LogP contribution in [-0.4, -0.2) is 77.2 Å². The van der Waals surface area contributed by atoms with Gasteiger partial charge >= 0.3 is 0 Å². The minimum absolute atomic E-state index is 0.108. The van der Waals surface area contributed by atoms with Gasteiger partial charge in [0.15, 0.2) is 0 Å². The van der Waals surface area contributed by atoms with Crippen molar-refractivity contribution in [1.82, 2.24) is 29.1 Å². The van der Waals surface area contributed by atoms with Gasteiger partial charge in [-0.15, -0.1) is 0 Å². The third-order valence-corrected chi connectivity index (χ3v) is 7.26. The van der Waals surface area contributed by atoms with E-state index in [0.717, 1.165) is 11.3 Å². The summed E-state index contributed by atoms with van der Waals surface area (Å²) in [6.07, 6.45) is 7.92. The van der Waals surface area contributed by atoms with Gasteiger partial charge in [-0.3, -0.25) is 9.36 Å². The van der Waals surface area contributed by atoms with Crippen LogP contribution in [0, 0.1) is 0 Å². The van der Waals surface area contributed by atoms with E-state index in [1.54, 1.807) is 42.7 Å². The number of aromatic nitrogens is 4. The quantitative estimate of drug-likeness (QED) is 0.493. The molecule has 12 heteroatoms. The molecule has 0 saturated carbocycles. The van der Waals surface area contributed by atoms with Gasteiger partial charge in [0.2, 0.25) is 21.9 Å². The molecule has 1 aliphatic heterocycles. The number of ether oxygens (including phenoxy) is 1. The van der Waals surface area contributed by atoms with Gasteiger partial charge in [0.1, 0.15) is 17.9 Å². The molecule has 11 nitrogen and oxygen atoms in total. The zero-order valence-electron chi connectivity index (χ0n) is 19.9. The highest BCUT2D eigenvalue weighted by atomic mass is 32.2. The van der Waals surface area contributed by atoms with Gasteiger partial charge in [-0.2, -0.15) is 9.29 Å². The molecule has 2 atom stereocenters. The van der Waals surface area contributed by atoms with Gasteiger partial charge in [0.05, 0.1) is 25.4 Å². The average Bonchev–Trinajstić information content (AvgIpc) is 3.39. The van der Waals surface area contributed by atoms with Crippen LogP contribution >= 0.6 is 0 Å². The number of anilines is 1. The van der Waals surface area contributed by atoms with Crippen molar-refractivity contribution in [1.29, 1.82) is 0 Å². The summed E-state index contributed by atoms with van der Waals surface area (Å²) >= 11 is 0. The number of methoxy groups -OCH3 is 1. The number of piperazine rings is 1. The van der Waals surface area contributed by atoms with Crippen molar-refractivity contribution in [3.05, 3.63) is 60.8 Å². The van der Waals surface area contributed by atoms with Crippen molar-refractivity contribution < 1.29 is 17.9 Å². The van der Waals surface area contributed by atoms with Crippen LogP contribution in [0.15, 0.2) is 55.2 Å². The Kier molecular flexibility index (Phi) is 7.31. The molecule has 3 heterocycles. The Balaban J connectivity index is 1.52. The second kappa shape index (κ2) is 10.4. The number of rotatable bonds is 8. The maximum absolute atomic E-state index is 13.0. The second-order valence-electron chi connectivity index (χ2n) is 8.42. The molecular weight excluding hydrogens is 470 g/mol. The van der Waals surface area contributed by atoms with E-state index in [1.165, 1.54) is 10.6 Å². The molecular formula is C23H29N7O4S. The third-order valence-electron chi connectivity index (χ3n) is 5.99. The smallest absolute Gasteiger partial charge is 0.236 e. The van der Waals surface area contributed by atoms with Crippen molar-refractivity contribution in [2.24, 2.45) is 0 Å². The topological polar surface area (TPSA) is 123 Å². The molecule has 1 aromatic carbocycles. The molecule has 1 fully saturated rings. The van der Waals surface area contributed by atoms with Gasteiger partial charge in [0.25, 0.3) is 0 Å². The largest absolute Gasteiger partial charge is 0.497 e. The SMILES string of the molecule is COc1ccc(C(C)NC(=O)CC2CN(S(C)(=O)=O)CCN2c2ccnc(-n3ccnc3)n2)cc1. The van der Waals surface area contributed by atoms with Crippen LogP contribution in [0.2, 0.25) is 0 Å². The predicted molar refractivity (Wildman–Crippen MR) is 131 cm³/mol. The van der Waals surface area contributed by atoms with E-state index >= 15 is 0 Å². The van der Waals surface area contributed by atoms with E-state index in [4.69, 9.17) is 4.74 Å². The number of amides is 1. The monoisotopic (exact) mass is 499 g/mol. The molecule has 1 amide bonds. The number of sulfonamides is 1. The Labute approximate surface area is 204 Å². The Bertz CT molecular complexity index is 1250. The summed E-state index contributed by atoms with van der Waals surface area (Å²) in [5.74, 6) is 1.63. The van der Waals surface area contributed by atoms with Crippen LogP contribution in [0.25, 0.3) is 5.95 Å². The Morgan fingerprint density at radius 3 is 2.63 bits per heavy atom. The highest BCUT2D eigenvalue weighted by Crippen LogP contribution is 2.23. The highest BCUT2D eigenvalue weighted by Gasteiger charge is 2.34. The average molecular weight is 500 g/mol. The van der Waals surface area contributed by atoms with Gasteiger partial charge in [-0.05, 0) is 30.7 Å². The van der Waals surface area contributed by atoms with Crippen molar-refractivity contribution in [3.8, 4) is 11.7 Å². The number of carbonyl (C=O) groups excluding carboxylic acids is 1. The lowest BCUT2D eigenvalue weighted by Crippen LogP contribution is -2.56. The van der Waals surface area contributed by atoms with E-state index in [9.17, 15) is 13.2 Å². The summed E-state index contributed by atoms with van der Waals surface area (Å²) in [6.45, 7) is 2.81. The lowest BCUT2D eigenvalue weighted by atomic mass is 10.1. The molecule has 2 aromatic heterocycles. The molecule has 0 spiro atoms. The summed E-state index contributed by atoms with van der Waals surface area (Å²) in [5.41, 5.74) is 0.943. The van der Waals surface area contributed by atoms with E-state index in [-0.39, 0.29) is 24.9 Å². The van der Waals surface area contributed by atoms with Crippen LogP contribution in [0.5, 0.6) is 5.75 Å². The number of carbonyl (C=O) groups is 1. The first-order valence-electron chi connectivity index (χ1n) is 11.2. The first kappa shape index (κ1) is 24.6. The number of hydrogen-bond acceptors (Lipinski definition) is 8. The predicted octanol–water partition coefficient (Wildman–Crippen LogP) is 1.39. The first-order chi connectivity index (χ1) is 16.7. The Morgan fingerprint density at radius 2 is 1.97 bits per heavy atom. The summed E-state index contributed by atoms with van der Waals surface area (Å²) in [5, 5.41) is 3.02. The number of hydrogen-bond donors (Lipinski definition) is 1. The van der Waals surface area contributed by atoms with Gasteiger partial charge < -0.3 is 15.0 Å². The molecule has 1 N–H and O–H groups in total. The first-order valence-corrected chi connectivity index (χ1v) is 13.1. The van der Waals surface area contributed by atoms with Crippen molar-refractivity contribution >= 4 is 21.7 Å². The molecule has 0 radical (unpaired) electrons. The number of imidazole rings is 1. The number of nitrogens with zero attached hydrogens (tertiary/aromatic N) is 6. The Hall–Kier alpha value is -3.51. The summed E-state index contributed by atoms with van der Waals surface area (Å²) in [6, 6.07) is 8.65. The third kappa shape index (κ3) is 5.95. The lowest BCUT2D eigenvalue weighted by Gasteiger charge is -2.41. The fourth-order valence-electron chi connectivity index (χ4n) is 4.10. The van der Waals surface area contributed by atoms with Crippen molar-refractivity contribution in [2.45, 2.75) is 25.4 Å². The normalized spacial score (nSPS) is 17.7. The zero-order chi connectivity index (χ0) is 25.0. The molecule has 0 bridgehead atoms. The van der Waals surface area contributed by atoms with Gasteiger partial charge in [0, 0.05) is 44.6 Å². The van der Waals surface area contributed by atoms with Crippen LogP contribution in [-0.2, 0) is 14.8 Å². The van der Waals surface area contributed by atoms with Crippen LogP contribution in [0.3, 0.4) is 0 Å². The maximum Gasteiger partial charge on any atom is 0.236 e. The molecule has 0 aliphatic carbocycles. The molecule has 2 unspecified atom stereocenters. The summed E-state index contributed by atoms with van der Waals surface area (Å²) < 4.78 is 32.8. The fourth-order valence-corrected chi connectivity index (χ4v) is 4.95. The zero-order valence-corrected chi connectivity index (χ0v) is 20.7. The summed E-state index contributed by atoms with van der Waals surface area (Å²) in [7, 11) is -1.80. The fraction of sp³-hybridized carbons (Fsp3) is 0.391. The molecule has 4 rings (SSSR count). The minimum atomic E-state index is -3.40. The van der Waals surface area contributed by atoms with Crippen LogP contribution in [0.1, 0.15) is 24.9 Å².